The van der Waals surface area contributed by atoms with Crippen molar-refractivity contribution in [1.29, 1.82) is 0 Å². The van der Waals surface area contributed by atoms with Gasteiger partial charge in [0.15, 0.2) is 5.65 Å². The fraction of sp³-hybridized carbons (Fsp3) is 0.304. The van der Waals surface area contributed by atoms with Gasteiger partial charge in [-0.3, -0.25) is 14.2 Å². The lowest BCUT2D eigenvalue weighted by atomic mass is 10.1. The highest BCUT2D eigenvalue weighted by Crippen LogP contribution is 2.29. The van der Waals surface area contributed by atoms with E-state index >= 15 is 0 Å². The van der Waals surface area contributed by atoms with Crippen molar-refractivity contribution in [2.45, 2.75) is 25.5 Å². The van der Waals surface area contributed by atoms with Crippen LogP contribution in [0.1, 0.15) is 12.8 Å². The van der Waals surface area contributed by atoms with E-state index in [9.17, 15) is 9.59 Å². The highest BCUT2D eigenvalue weighted by Gasteiger charge is 2.24. The molecule has 1 aliphatic heterocycles. The molecular weight excluding hydrogens is 408 g/mol. The summed E-state index contributed by atoms with van der Waals surface area (Å²) in [6.07, 6.45) is 5.15. The average Bonchev–Trinajstić information content (AvgIpc) is 3.20. The van der Waals surface area contributed by atoms with Crippen LogP contribution in [0.15, 0.2) is 53.6 Å². The van der Waals surface area contributed by atoms with E-state index in [1.54, 1.807) is 29.9 Å². The zero-order valence-corrected chi connectivity index (χ0v) is 17.8. The minimum absolute atomic E-state index is 0.0481. The molecule has 32 heavy (non-hydrogen) atoms. The number of nitrogens with zero attached hydrogens (tertiary/aromatic N) is 5. The van der Waals surface area contributed by atoms with Gasteiger partial charge in [-0.1, -0.05) is 6.07 Å². The lowest BCUT2D eigenvalue weighted by Gasteiger charge is -2.33. The van der Waals surface area contributed by atoms with Gasteiger partial charge in [-0.15, -0.1) is 0 Å². The number of rotatable bonds is 5. The Hall–Kier alpha value is -3.88. The third kappa shape index (κ3) is 3.55. The van der Waals surface area contributed by atoms with Gasteiger partial charge >= 0.3 is 0 Å². The van der Waals surface area contributed by atoms with E-state index in [-0.39, 0.29) is 24.1 Å². The number of hydrogen-bond acceptors (Lipinski definition) is 6. The Morgan fingerprint density at radius 3 is 2.75 bits per heavy atom. The lowest BCUT2D eigenvalue weighted by Crippen LogP contribution is -2.41. The molecule has 164 valence electrons. The highest BCUT2D eigenvalue weighted by atomic mass is 16.5. The smallest absolute Gasteiger partial charge is 0.264 e. The maximum atomic E-state index is 12.7. The molecule has 1 saturated heterocycles. The standard InChI is InChI=1S/C23H24N6O3/c1-27-22(31)17-4-3-10-25-21(17)26-23(27)28-11-7-15(8-12-28)32-19-6-2-5-18-16(19)9-13-29(18)14-20(24)30/h2-6,9-10,13,15H,7-8,11-12,14H2,1H3,(H2,24,30). The molecule has 0 bridgehead atoms. The average molecular weight is 432 g/mol. The van der Waals surface area contributed by atoms with Gasteiger partial charge in [0.1, 0.15) is 18.4 Å². The lowest BCUT2D eigenvalue weighted by molar-refractivity contribution is -0.118. The summed E-state index contributed by atoms with van der Waals surface area (Å²) in [5, 5.41) is 1.48. The summed E-state index contributed by atoms with van der Waals surface area (Å²) in [6.45, 7) is 1.58. The van der Waals surface area contributed by atoms with Crippen LogP contribution in [0.2, 0.25) is 0 Å². The highest BCUT2D eigenvalue weighted by molar-refractivity contribution is 5.88. The molecule has 0 radical (unpaired) electrons. The van der Waals surface area contributed by atoms with Gasteiger partial charge in [0, 0.05) is 50.8 Å². The molecule has 0 aliphatic carbocycles. The Balaban J connectivity index is 1.32. The third-order valence-corrected chi connectivity index (χ3v) is 5.95. The maximum absolute atomic E-state index is 12.7. The number of anilines is 1. The molecule has 5 rings (SSSR count). The predicted octanol–water partition coefficient (Wildman–Crippen LogP) is 1.82. The molecule has 1 aromatic carbocycles. The van der Waals surface area contributed by atoms with E-state index < -0.39 is 0 Å². The second-order valence-corrected chi connectivity index (χ2v) is 8.05. The van der Waals surface area contributed by atoms with Crippen molar-refractivity contribution in [3.63, 3.8) is 0 Å². The van der Waals surface area contributed by atoms with Crippen molar-refractivity contribution in [3.05, 3.63) is 59.1 Å². The van der Waals surface area contributed by atoms with E-state index in [1.165, 1.54) is 0 Å². The van der Waals surface area contributed by atoms with E-state index in [1.807, 2.05) is 35.0 Å². The van der Waals surface area contributed by atoms with Gasteiger partial charge in [-0.05, 0) is 30.3 Å². The molecule has 9 heteroatoms. The van der Waals surface area contributed by atoms with Crippen molar-refractivity contribution < 1.29 is 9.53 Å². The van der Waals surface area contributed by atoms with Crippen molar-refractivity contribution in [2.75, 3.05) is 18.0 Å². The molecule has 1 fully saturated rings. The normalized spacial score (nSPS) is 14.8. The monoisotopic (exact) mass is 432 g/mol. The number of fused-ring (bicyclic) bond motifs is 2. The number of pyridine rings is 1. The third-order valence-electron chi connectivity index (χ3n) is 5.95. The largest absolute Gasteiger partial charge is 0.490 e. The van der Waals surface area contributed by atoms with Crippen LogP contribution in [0.5, 0.6) is 5.75 Å². The van der Waals surface area contributed by atoms with Crippen LogP contribution in [-0.4, -0.2) is 44.2 Å². The number of carbonyl (C=O) groups is 1. The zero-order valence-electron chi connectivity index (χ0n) is 17.8. The summed E-state index contributed by atoms with van der Waals surface area (Å²) in [6, 6.07) is 11.3. The first-order chi connectivity index (χ1) is 15.5. The van der Waals surface area contributed by atoms with Crippen molar-refractivity contribution >= 4 is 33.8 Å². The first-order valence-corrected chi connectivity index (χ1v) is 10.6. The van der Waals surface area contributed by atoms with Crippen molar-refractivity contribution in [2.24, 2.45) is 12.8 Å². The Kier molecular flexibility index (Phi) is 5.01. The summed E-state index contributed by atoms with van der Waals surface area (Å²) in [5.41, 5.74) is 6.64. The molecule has 0 saturated carbocycles. The summed E-state index contributed by atoms with van der Waals surface area (Å²) in [5.74, 6) is 1.04. The molecule has 4 heterocycles. The first-order valence-electron chi connectivity index (χ1n) is 10.6. The van der Waals surface area contributed by atoms with Gasteiger partial charge < -0.3 is 19.9 Å². The molecule has 0 atom stereocenters. The van der Waals surface area contributed by atoms with E-state index in [0.717, 1.165) is 42.6 Å². The number of ether oxygens (including phenoxy) is 1. The van der Waals surface area contributed by atoms with Crippen LogP contribution < -0.4 is 20.9 Å². The molecule has 1 amide bonds. The Labute approximate surface area is 184 Å². The summed E-state index contributed by atoms with van der Waals surface area (Å²) >= 11 is 0. The predicted molar refractivity (Wildman–Crippen MR) is 122 cm³/mol. The Morgan fingerprint density at radius 2 is 1.97 bits per heavy atom. The second kappa shape index (κ2) is 7.99. The van der Waals surface area contributed by atoms with Crippen molar-refractivity contribution in [3.8, 4) is 5.75 Å². The van der Waals surface area contributed by atoms with Gasteiger partial charge in [-0.25, -0.2) is 4.98 Å². The minimum Gasteiger partial charge on any atom is -0.490 e. The van der Waals surface area contributed by atoms with E-state index in [4.69, 9.17) is 10.5 Å². The molecule has 1 aliphatic rings. The molecule has 0 unspecified atom stereocenters. The van der Waals surface area contributed by atoms with Gasteiger partial charge in [0.05, 0.1) is 10.9 Å². The molecule has 9 nitrogen and oxygen atoms in total. The number of benzene rings is 1. The topological polar surface area (TPSA) is 108 Å². The Morgan fingerprint density at radius 1 is 1.16 bits per heavy atom. The van der Waals surface area contributed by atoms with Gasteiger partial charge in [0.2, 0.25) is 11.9 Å². The van der Waals surface area contributed by atoms with Crippen LogP contribution in [0.25, 0.3) is 21.9 Å². The van der Waals surface area contributed by atoms with Crippen LogP contribution in [0, 0.1) is 0 Å². The van der Waals surface area contributed by atoms with Gasteiger partial charge in [0.25, 0.3) is 5.56 Å². The van der Waals surface area contributed by atoms with Crippen LogP contribution in [0.3, 0.4) is 0 Å². The summed E-state index contributed by atoms with van der Waals surface area (Å²) < 4.78 is 9.75. The van der Waals surface area contributed by atoms with Gasteiger partial charge in [-0.2, -0.15) is 4.98 Å². The maximum Gasteiger partial charge on any atom is 0.264 e. The number of primary amides is 1. The Bertz CT molecular complexity index is 1370. The fourth-order valence-electron chi connectivity index (χ4n) is 4.33. The summed E-state index contributed by atoms with van der Waals surface area (Å²) in [4.78, 5) is 35.0. The molecule has 3 aromatic heterocycles. The van der Waals surface area contributed by atoms with Crippen LogP contribution >= 0.6 is 0 Å². The van der Waals surface area contributed by atoms with E-state index in [2.05, 4.69) is 14.9 Å². The zero-order chi connectivity index (χ0) is 22.2. The number of amides is 1. The van der Waals surface area contributed by atoms with Crippen molar-refractivity contribution in [1.82, 2.24) is 19.1 Å². The molecule has 4 aromatic rings. The number of hydrogen-bond donors (Lipinski definition) is 1. The second-order valence-electron chi connectivity index (χ2n) is 8.05. The number of carbonyl (C=O) groups excluding carboxylic acids is 1. The van der Waals surface area contributed by atoms with Crippen LogP contribution in [-0.2, 0) is 18.4 Å². The summed E-state index contributed by atoms with van der Waals surface area (Å²) in [7, 11) is 1.75. The SMILES string of the molecule is Cn1c(N2CCC(Oc3cccc4c3ccn4CC(N)=O)CC2)nc2ncccc2c1=O. The fourth-order valence-corrected chi connectivity index (χ4v) is 4.33. The first kappa shape index (κ1) is 20.0. The minimum atomic E-state index is -0.381. The number of aromatic nitrogens is 4. The molecule has 0 spiro atoms. The number of nitrogens with two attached hydrogens (primary N) is 1. The molecular formula is C23H24N6O3. The number of piperidine rings is 1. The van der Waals surface area contributed by atoms with E-state index in [0.29, 0.717) is 17.0 Å². The quantitative estimate of drug-likeness (QED) is 0.515. The van der Waals surface area contributed by atoms with Crippen LogP contribution in [0.4, 0.5) is 5.95 Å². The molecule has 2 N–H and O–H groups in total.